The number of carbonyl (C=O) groups excluding carboxylic acids is 1. The van der Waals surface area contributed by atoms with Gasteiger partial charge in [0.15, 0.2) is 0 Å². The summed E-state index contributed by atoms with van der Waals surface area (Å²) >= 11 is 0. The molecule has 0 aromatic heterocycles. The number of likely N-dealkylation sites (tertiary alicyclic amines) is 1. The molecule has 156 valence electrons. The molecule has 1 aliphatic heterocycles. The van der Waals surface area contributed by atoms with Gasteiger partial charge in [-0.15, -0.1) is 0 Å². The molecule has 1 saturated carbocycles. The van der Waals surface area contributed by atoms with Crippen molar-refractivity contribution in [1.29, 1.82) is 0 Å². The van der Waals surface area contributed by atoms with Crippen molar-refractivity contribution in [1.82, 2.24) is 15.1 Å². The first-order chi connectivity index (χ1) is 14.3. The summed E-state index contributed by atoms with van der Waals surface area (Å²) in [5, 5.41) is 5.77. The maximum Gasteiger partial charge on any atom is 0.221 e. The van der Waals surface area contributed by atoms with Gasteiger partial charge in [-0.05, 0) is 74.5 Å². The highest BCUT2D eigenvalue weighted by Gasteiger charge is 2.29. The molecule has 2 fully saturated rings. The minimum atomic E-state index is 0.203. The smallest absolute Gasteiger partial charge is 0.221 e. The van der Waals surface area contributed by atoms with Crippen LogP contribution in [0, 0.1) is 0 Å². The Labute approximate surface area is 175 Å². The van der Waals surface area contributed by atoms with Crippen molar-refractivity contribution >= 4 is 16.7 Å². The van der Waals surface area contributed by atoms with E-state index in [1.54, 1.807) is 0 Å². The number of hydrogen-bond acceptors (Lipinski definition) is 3. The second kappa shape index (κ2) is 10.2. The van der Waals surface area contributed by atoms with Crippen LogP contribution >= 0.6 is 0 Å². The topological polar surface area (TPSA) is 35.6 Å². The van der Waals surface area contributed by atoms with Crippen LogP contribution in [-0.2, 0) is 11.3 Å². The molecule has 1 aliphatic carbocycles. The highest BCUT2D eigenvalue weighted by Crippen LogP contribution is 2.30. The summed E-state index contributed by atoms with van der Waals surface area (Å²) in [7, 11) is 0. The molecule has 4 nitrogen and oxygen atoms in total. The maximum atomic E-state index is 12.3. The van der Waals surface area contributed by atoms with Gasteiger partial charge in [-0.25, -0.2) is 0 Å². The normalized spacial score (nSPS) is 17.3. The van der Waals surface area contributed by atoms with Gasteiger partial charge in [-0.2, -0.15) is 0 Å². The lowest BCUT2D eigenvalue weighted by Crippen LogP contribution is -2.32. The first-order valence-corrected chi connectivity index (χ1v) is 11.5. The third-order valence-electron chi connectivity index (χ3n) is 6.36. The zero-order chi connectivity index (χ0) is 19.9. The maximum absolute atomic E-state index is 12.3. The molecular formula is C25H35N3O. The summed E-state index contributed by atoms with van der Waals surface area (Å²) < 4.78 is 0. The van der Waals surface area contributed by atoms with E-state index in [1.165, 1.54) is 68.1 Å². The zero-order valence-electron chi connectivity index (χ0n) is 17.6. The number of nitrogens with one attached hydrogen (secondary N) is 1. The third kappa shape index (κ3) is 6.03. The van der Waals surface area contributed by atoms with Gasteiger partial charge in [0.2, 0.25) is 5.91 Å². The number of rotatable bonds is 11. The van der Waals surface area contributed by atoms with E-state index >= 15 is 0 Å². The summed E-state index contributed by atoms with van der Waals surface area (Å²) in [6, 6.07) is 15.8. The van der Waals surface area contributed by atoms with Gasteiger partial charge >= 0.3 is 0 Å². The third-order valence-corrected chi connectivity index (χ3v) is 6.36. The molecule has 4 rings (SSSR count). The minimum absolute atomic E-state index is 0.203. The molecule has 2 aliphatic rings. The molecular weight excluding hydrogens is 358 g/mol. The van der Waals surface area contributed by atoms with Gasteiger partial charge in [0.1, 0.15) is 0 Å². The molecule has 0 radical (unpaired) electrons. The van der Waals surface area contributed by atoms with Crippen molar-refractivity contribution in [3.8, 4) is 0 Å². The number of amides is 1. The van der Waals surface area contributed by atoms with Crippen LogP contribution in [0.3, 0.4) is 0 Å². The van der Waals surface area contributed by atoms with E-state index in [4.69, 9.17) is 0 Å². The van der Waals surface area contributed by atoms with E-state index in [9.17, 15) is 4.79 Å². The average molecular weight is 394 g/mol. The lowest BCUT2D eigenvalue weighted by atomic mass is 10.0. The van der Waals surface area contributed by atoms with Crippen molar-refractivity contribution in [2.45, 2.75) is 57.5 Å². The molecule has 1 N–H and O–H groups in total. The summed E-state index contributed by atoms with van der Waals surface area (Å²) in [5.74, 6) is 0.203. The van der Waals surface area contributed by atoms with Gasteiger partial charge in [0, 0.05) is 32.1 Å². The van der Waals surface area contributed by atoms with E-state index in [2.05, 4.69) is 57.6 Å². The minimum Gasteiger partial charge on any atom is -0.356 e. The predicted octanol–water partition coefficient (Wildman–Crippen LogP) is 4.19. The molecule has 0 bridgehead atoms. The fraction of sp³-hybridized carbons (Fsp3) is 0.560. The molecule has 1 saturated heterocycles. The Kier molecular flexibility index (Phi) is 7.18. The average Bonchev–Trinajstić information content (AvgIpc) is 3.46. The number of carbonyl (C=O) groups is 1. The molecule has 0 atom stereocenters. The van der Waals surface area contributed by atoms with E-state index in [0.717, 1.165) is 26.1 Å². The van der Waals surface area contributed by atoms with Gasteiger partial charge < -0.3 is 10.2 Å². The van der Waals surface area contributed by atoms with E-state index < -0.39 is 0 Å². The monoisotopic (exact) mass is 393 g/mol. The lowest BCUT2D eigenvalue weighted by Gasteiger charge is -2.22. The van der Waals surface area contributed by atoms with Crippen LogP contribution in [0.5, 0.6) is 0 Å². The Morgan fingerprint density at radius 2 is 1.83 bits per heavy atom. The fourth-order valence-electron chi connectivity index (χ4n) is 4.51. The van der Waals surface area contributed by atoms with Crippen LogP contribution in [0.1, 0.15) is 50.5 Å². The summed E-state index contributed by atoms with van der Waals surface area (Å²) in [4.78, 5) is 17.4. The van der Waals surface area contributed by atoms with Crippen molar-refractivity contribution in [2.24, 2.45) is 0 Å². The summed E-state index contributed by atoms with van der Waals surface area (Å²) in [6.45, 7) is 6.33. The van der Waals surface area contributed by atoms with Gasteiger partial charge in [0.25, 0.3) is 0 Å². The number of benzene rings is 2. The first-order valence-electron chi connectivity index (χ1n) is 11.5. The van der Waals surface area contributed by atoms with Crippen molar-refractivity contribution in [3.05, 3.63) is 48.0 Å². The molecule has 1 amide bonds. The highest BCUT2D eigenvalue weighted by atomic mass is 16.1. The van der Waals surface area contributed by atoms with Gasteiger partial charge in [-0.3, -0.25) is 9.69 Å². The number of nitrogens with zero attached hydrogens (tertiary/aromatic N) is 2. The van der Waals surface area contributed by atoms with E-state index in [1.807, 2.05) is 0 Å². The largest absolute Gasteiger partial charge is 0.356 e. The standard InChI is InChI=1S/C25H35N3O/c29-25(26-15-3-4-16-27-17-5-6-18-27)14-19-28(23-12-13-23)20-22-10-7-9-21-8-1-2-11-24(21)22/h1-2,7-11,23H,3-6,12-20H2,(H,26,29). The molecule has 29 heavy (non-hydrogen) atoms. The second-order valence-corrected chi connectivity index (χ2v) is 8.70. The van der Waals surface area contributed by atoms with Crippen LogP contribution < -0.4 is 5.32 Å². The number of fused-ring (bicyclic) bond motifs is 1. The Balaban J connectivity index is 1.20. The first kappa shape index (κ1) is 20.4. The zero-order valence-corrected chi connectivity index (χ0v) is 17.6. The van der Waals surface area contributed by atoms with E-state index in [-0.39, 0.29) is 5.91 Å². The quantitative estimate of drug-likeness (QED) is 0.582. The summed E-state index contributed by atoms with van der Waals surface area (Å²) in [5.41, 5.74) is 1.37. The van der Waals surface area contributed by atoms with Crippen LogP contribution in [0.25, 0.3) is 10.8 Å². The molecule has 2 aromatic rings. The van der Waals surface area contributed by atoms with Crippen LogP contribution in [-0.4, -0.2) is 54.5 Å². The summed E-state index contributed by atoms with van der Waals surface area (Å²) in [6.07, 6.45) is 8.12. The Bertz CT molecular complexity index is 790. The van der Waals surface area contributed by atoms with Gasteiger partial charge in [-0.1, -0.05) is 42.5 Å². The highest BCUT2D eigenvalue weighted by molar-refractivity contribution is 5.85. The lowest BCUT2D eigenvalue weighted by molar-refractivity contribution is -0.121. The van der Waals surface area contributed by atoms with Crippen molar-refractivity contribution < 1.29 is 4.79 Å². The van der Waals surface area contributed by atoms with Gasteiger partial charge in [0.05, 0.1) is 0 Å². The molecule has 4 heteroatoms. The second-order valence-electron chi connectivity index (χ2n) is 8.70. The Hall–Kier alpha value is -1.91. The van der Waals surface area contributed by atoms with Crippen molar-refractivity contribution in [2.75, 3.05) is 32.7 Å². The molecule has 1 heterocycles. The molecule has 0 spiro atoms. The van der Waals surface area contributed by atoms with E-state index in [0.29, 0.717) is 12.5 Å². The van der Waals surface area contributed by atoms with Crippen LogP contribution in [0.2, 0.25) is 0 Å². The molecule has 0 unspecified atom stereocenters. The predicted molar refractivity (Wildman–Crippen MR) is 120 cm³/mol. The fourth-order valence-corrected chi connectivity index (χ4v) is 4.51. The Morgan fingerprint density at radius 3 is 2.66 bits per heavy atom. The number of hydrogen-bond donors (Lipinski definition) is 1. The van der Waals surface area contributed by atoms with Crippen LogP contribution in [0.4, 0.5) is 0 Å². The van der Waals surface area contributed by atoms with Crippen molar-refractivity contribution in [3.63, 3.8) is 0 Å². The van der Waals surface area contributed by atoms with Crippen LogP contribution in [0.15, 0.2) is 42.5 Å². The molecule has 2 aromatic carbocycles. The Morgan fingerprint density at radius 1 is 1.03 bits per heavy atom. The SMILES string of the molecule is O=C(CCN(Cc1cccc2ccccc12)C1CC1)NCCCCN1CCCC1. The number of unbranched alkanes of at least 4 members (excludes halogenated alkanes) is 1.